The molecule has 0 unspecified atom stereocenters. The van der Waals surface area contributed by atoms with E-state index in [-0.39, 0.29) is 11.9 Å². The van der Waals surface area contributed by atoms with Crippen molar-refractivity contribution in [2.24, 2.45) is 0 Å². The molecule has 1 atom stereocenters. The number of aryl methyl sites for hydroxylation is 2. The predicted octanol–water partition coefficient (Wildman–Crippen LogP) is 6.52. The van der Waals surface area contributed by atoms with Crippen molar-refractivity contribution in [2.75, 3.05) is 7.11 Å². The fourth-order valence-electron chi connectivity index (χ4n) is 4.27. The van der Waals surface area contributed by atoms with Gasteiger partial charge in [-0.15, -0.1) is 0 Å². The van der Waals surface area contributed by atoms with Crippen LogP contribution >= 0.6 is 0 Å². The zero-order chi connectivity index (χ0) is 23.5. The quantitative estimate of drug-likeness (QED) is 0.324. The molecule has 4 nitrogen and oxygen atoms in total. The lowest BCUT2D eigenvalue weighted by molar-refractivity contribution is -0.117. The molecule has 0 radical (unpaired) electrons. The molecule has 0 aliphatic carbocycles. The summed E-state index contributed by atoms with van der Waals surface area (Å²) >= 11 is 0. The van der Waals surface area contributed by atoms with Gasteiger partial charge >= 0.3 is 0 Å². The third-order valence-corrected chi connectivity index (χ3v) is 6.16. The van der Waals surface area contributed by atoms with Crippen LogP contribution in [0.3, 0.4) is 0 Å². The van der Waals surface area contributed by atoms with E-state index in [0.717, 1.165) is 61.6 Å². The summed E-state index contributed by atoms with van der Waals surface area (Å²) in [7, 11) is 1.71. The van der Waals surface area contributed by atoms with E-state index in [4.69, 9.17) is 4.74 Å². The first-order valence-electron chi connectivity index (χ1n) is 12.1. The van der Waals surface area contributed by atoms with Crippen molar-refractivity contribution in [1.82, 2.24) is 10.3 Å². The van der Waals surface area contributed by atoms with Crippen molar-refractivity contribution in [2.45, 2.75) is 64.8 Å². The summed E-state index contributed by atoms with van der Waals surface area (Å²) < 4.78 is 5.56. The summed E-state index contributed by atoms with van der Waals surface area (Å²) in [5, 5.41) is 5.50. The normalized spacial score (nSPS) is 12.2. The maximum atomic E-state index is 12.7. The van der Waals surface area contributed by atoms with E-state index in [9.17, 15) is 4.79 Å². The summed E-state index contributed by atoms with van der Waals surface area (Å²) in [5.41, 5.74) is 3.62. The Labute approximate surface area is 198 Å². The van der Waals surface area contributed by atoms with E-state index < -0.39 is 0 Å². The molecule has 174 valence electrons. The molecule has 0 spiro atoms. The number of benzene rings is 2. The molecule has 0 aliphatic rings. The van der Waals surface area contributed by atoms with Crippen molar-refractivity contribution < 1.29 is 9.53 Å². The number of fused-ring (bicyclic) bond motifs is 1. The van der Waals surface area contributed by atoms with Gasteiger partial charge in [0.25, 0.3) is 0 Å². The first-order chi connectivity index (χ1) is 16.2. The molecule has 4 heteroatoms. The van der Waals surface area contributed by atoms with Crippen LogP contribution in [0.5, 0.6) is 5.75 Å². The van der Waals surface area contributed by atoms with E-state index >= 15 is 0 Å². The van der Waals surface area contributed by atoms with Crippen molar-refractivity contribution in [3.8, 4) is 5.75 Å². The van der Waals surface area contributed by atoms with Gasteiger partial charge in [0.2, 0.25) is 5.91 Å². The zero-order valence-electron chi connectivity index (χ0n) is 20.1. The van der Waals surface area contributed by atoms with Gasteiger partial charge in [0.15, 0.2) is 0 Å². The van der Waals surface area contributed by atoms with Crippen molar-refractivity contribution >= 4 is 22.8 Å². The third kappa shape index (κ3) is 6.92. The molecule has 0 fully saturated rings. The Morgan fingerprint density at radius 2 is 1.94 bits per heavy atom. The highest BCUT2D eigenvalue weighted by molar-refractivity contribution is 5.96. The molecule has 2 aromatic carbocycles. The lowest BCUT2D eigenvalue weighted by atomic mass is 9.94. The lowest BCUT2D eigenvalue weighted by Crippen LogP contribution is -2.33. The minimum Gasteiger partial charge on any atom is -0.496 e. The fourth-order valence-corrected chi connectivity index (χ4v) is 4.27. The number of nitrogens with zero attached hydrogens (tertiary/aromatic N) is 1. The third-order valence-electron chi connectivity index (χ3n) is 6.16. The van der Waals surface area contributed by atoms with E-state index in [1.54, 1.807) is 19.4 Å². The average molecular weight is 445 g/mol. The summed E-state index contributed by atoms with van der Waals surface area (Å²) in [6.07, 6.45) is 14.5. The van der Waals surface area contributed by atoms with Crippen LogP contribution in [0.1, 0.15) is 62.6 Å². The standard InChI is InChI=1S/C29H36N2O2/c1-4-6-13-25-23(16-18-27-26(25)14-8-15-28(27)33-3)17-19-29(32)31-24(5-2)12-7-10-22-11-9-20-30-21-22/h8-9,11,14-21,24H,4-7,10,12-13H2,1-3H3,(H,31,32)/t24-/m1/s1. The molecule has 0 saturated carbocycles. The minimum atomic E-state index is -0.0320. The van der Waals surface area contributed by atoms with E-state index in [1.165, 1.54) is 16.5 Å². The number of rotatable bonds is 12. The maximum Gasteiger partial charge on any atom is 0.244 e. The van der Waals surface area contributed by atoms with Crippen LogP contribution in [-0.4, -0.2) is 24.0 Å². The summed E-state index contributed by atoms with van der Waals surface area (Å²) in [5.74, 6) is 0.853. The number of hydrogen-bond acceptors (Lipinski definition) is 3. The van der Waals surface area contributed by atoms with Crippen LogP contribution in [0.15, 0.2) is 60.9 Å². The number of hydrogen-bond donors (Lipinski definition) is 1. The van der Waals surface area contributed by atoms with Crippen molar-refractivity contribution in [3.63, 3.8) is 0 Å². The van der Waals surface area contributed by atoms with E-state index in [2.05, 4.69) is 48.4 Å². The Bertz CT molecular complexity index is 1060. The molecule has 1 N–H and O–H groups in total. The summed E-state index contributed by atoms with van der Waals surface area (Å²) in [4.78, 5) is 16.9. The first kappa shape index (κ1) is 24.5. The molecule has 3 aromatic rings. The molecule has 3 rings (SSSR count). The molecule has 1 aromatic heterocycles. The van der Waals surface area contributed by atoms with Gasteiger partial charge in [0, 0.05) is 29.9 Å². The first-order valence-corrected chi connectivity index (χ1v) is 12.1. The highest BCUT2D eigenvalue weighted by Crippen LogP contribution is 2.31. The van der Waals surface area contributed by atoms with Crippen LogP contribution in [-0.2, 0) is 17.6 Å². The SMILES string of the molecule is CCCCc1c(C=CC(=O)N[C@H](CC)CCCc2cccnc2)ccc2c(OC)cccc12. The second-order valence-electron chi connectivity index (χ2n) is 8.49. The number of amides is 1. The van der Waals surface area contributed by atoms with Gasteiger partial charge in [-0.05, 0) is 78.8 Å². The van der Waals surface area contributed by atoms with E-state index in [0.29, 0.717) is 0 Å². The monoisotopic (exact) mass is 444 g/mol. The number of carbonyl (C=O) groups excluding carboxylic acids is 1. The molecular formula is C29H36N2O2. The Hall–Kier alpha value is -3.14. The highest BCUT2D eigenvalue weighted by Gasteiger charge is 2.11. The molecule has 0 aliphatic heterocycles. The van der Waals surface area contributed by atoms with Gasteiger partial charge in [0.05, 0.1) is 7.11 Å². The zero-order valence-corrected chi connectivity index (χ0v) is 20.1. The second kappa shape index (κ2) is 12.8. The van der Waals surface area contributed by atoms with Crippen LogP contribution < -0.4 is 10.1 Å². The Kier molecular flexibility index (Phi) is 9.49. The summed E-state index contributed by atoms with van der Waals surface area (Å²) in [6.45, 7) is 4.33. The molecule has 1 heterocycles. The minimum absolute atomic E-state index is 0.0320. The number of ether oxygens (including phenoxy) is 1. The highest BCUT2D eigenvalue weighted by atomic mass is 16.5. The van der Waals surface area contributed by atoms with Crippen molar-refractivity contribution in [3.05, 3.63) is 77.6 Å². The molecule has 0 saturated heterocycles. The number of nitrogens with one attached hydrogen (secondary N) is 1. The molecule has 33 heavy (non-hydrogen) atoms. The van der Waals surface area contributed by atoms with Gasteiger partial charge in [-0.2, -0.15) is 0 Å². The Morgan fingerprint density at radius 1 is 1.06 bits per heavy atom. The average Bonchev–Trinajstić information content (AvgIpc) is 2.85. The second-order valence-corrected chi connectivity index (χ2v) is 8.49. The molecular weight excluding hydrogens is 408 g/mol. The number of aromatic nitrogens is 1. The van der Waals surface area contributed by atoms with Gasteiger partial charge in [-0.1, -0.05) is 50.6 Å². The van der Waals surface area contributed by atoms with Gasteiger partial charge in [-0.3, -0.25) is 9.78 Å². The van der Waals surface area contributed by atoms with Crippen molar-refractivity contribution in [1.29, 1.82) is 0 Å². The predicted molar refractivity (Wildman–Crippen MR) is 138 cm³/mol. The van der Waals surface area contributed by atoms with Crippen LogP contribution in [0.25, 0.3) is 16.8 Å². The Morgan fingerprint density at radius 3 is 2.67 bits per heavy atom. The number of unbranched alkanes of at least 4 members (excludes halogenated alkanes) is 1. The fraction of sp³-hybridized carbons (Fsp3) is 0.379. The Balaban J connectivity index is 1.68. The van der Waals surface area contributed by atoms with Crippen LogP contribution in [0.4, 0.5) is 0 Å². The van der Waals surface area contributed by atoms with Gasteiger partial charge < -0.3 is 10.1 Å². The van der Waals surface area contributed by atoms with Gasteiger partial charge in [0.1, 0.15) is 5.75 Å². The number of methoxy groups -OCH3 is 1. The number of pyridine rings is 1. The van der Waals surface area contributed by atoms with Gasteiger partial charge in [-0.25, -0.2) is 0 Å². The molecule has 1 amide bonds. The maximum absolute atomic E-state index is 12.7. The largest absolute Gasteiger partial charge is 0.496 e. The van der Waals surface area contributed by atoms with Crippen LogP contribution in [0.2, 0.25) is 0 Å². The summed E-state index contributed by atoms with van der Waals surface area (Å²) in [6, 6.07) is 14.6. The smallest absolute Gasteiger partial charge is 0.244 e. The topological polar surface area (TPSA) is 51.2 Å². The van der Waals surface area contributed by atoms with Crippen LogP contribution in [0, 0.1) is 0 Å². The molecule has 0 bridgehead atoms. The lowest BCUT2D eigenvalue weighted by Gasteiger charge is -2.16. The van der Waals surface area contributed by atoms with E-state index in [1.807, 2.05) is 30.5 Å². The number of carbonyl (C=O) groups is 1.